The van der Waals surface area contributed by atoms with Crippen LogP contribution in [-0.4, -0.2) is 10.1 Å². The molecule has 0 unspecified atom stereocenters. The third-order valence-corrected chi connectivity index (χ3v) is 4.00. The summed E-state index contributed by atoms with van der Waals surface area (Å²) >= 11 is 7.55. The van der Waals surface area contributed by atoms with Crippen molar-refractivity contribution in [1.29, 1.82) is 0 Å². The van der Waals surface area contributed by atoms with Crippen molar-refractivity contribution in [3.8, 4) is 0 Å². The second-order valence-corrected chi connectivity index (χ2v) is 6.14. The van der Waals surface area contributed by atoms with E-state index in [0.717, 1.165) is 32.6 Å². The lowest BCUT2D eigenvalue weighted by Crippen LogP contribution is -1.94. The Morgan fingerprint density at radius 2 is 2.17 bits per heavy atom. The minimum Gasteiger partial charge on any atom is -0.391 e. The molecule has 0 amide bonds. The lowest BCUT2D eigenvalue weighted by atomic mass is 10.1. The molecule has 0 saturated carbocycles. The monoisotopic (exact) mass is 281 g/mol. The van der Waals surface area contributed by atoms with Crippen LogP contribution in [0.2, 0.25) is 5.02 Å². The molecule has 1 heterocycles. The molecule has 96 valence electrons. The highest BCUT2D eigenvalue weighted by atomic mass is 35.5. The zero-order valence-electron chi connectivity index (χ0n) is 10.5. The van der Waals surface area contributed by atoms with Gasteiger partial charge in [-0.25, -0.2) is 4.98 Å². The molecule has 2 aromatic rings. The van der Waals surface area contributed by atoms with Gasteiger partial charge in [-0.05, 0) is 23.6 Å². The Morgan fingerprint density at radius 3 is 2.72 bits per heavy atom. The zero-order chi connectivity index (χ0) is 13.1. The number of hydrogen-bond acceptors (Lipinski definition) is 3. The topological polar surface area (TPSA) is 33.1 Å². The molecule has 1 aromatic carbocycles. The molecular weight excluding hydrogens is 266 g/mol. The molecule has 0 aliphatic heterocycles. The van der Waals surface area contributed by atoms with Crippen molar-refractivity contribution in [3.63, 3.8) is 0 Å². The van der Waals surface area contributed by atoms with Crippen LogP contribution in [0.15, 0.2) is 24.3 Å². The van der Waals surface area contributed by atoms with Gasteiger partial charge in [0.25, 0.3) is 0 Å². The highest BCUT2D eigenvalue weighted by Gasteiger charge is 2.13. The van der Waals surface area contributed by atoms with Crippen molar-refractivity contribution in [2.24, 2.45) is 0 Å². The van der Waals surface area contributed by atoms with Crippen molar-refractivity contribution in [3.05, 3.63) is 50.4 Å². The molecule has 0 spiro atoms. The average molecular weight is 282 g/mol. The lowest BCUT2D eigenvalue weighted by molar-refractivity contribution is 0.283. The highest BCUT2D eigenvalue weighted by Crippen LogP contribution is 2.27. The number of hydrogen-bond donors (Lipinski definition) is 1. The van der Waals surface area contributed by atoms with Crippen LogP contribution in [0.1, 0.15) is 40.9 Å². The molecule has 4 heteroatoms. The molecule has 0 radical (unpaired) electrons. The summed E-state index contributed by atoms with van der Waals surface area (Å²) in [5.74, 6) is 0.344. The molecule has 0 saturated heterocycles. The smallest absolute Gasteiger partial charge is 0.0975 e. The molecule has 0 atom stereocenters. The number of aromatic nitrogens is 1. The predicted octanol–water partition coefficient (Wildman–Crippen LogP) is 4.00. The summed E-state index contributed by atoms with van der Waals surface area (Å²) in [4.78, 5) is 5.60. The maximum absolute atomic E-state index is 9.34. The van der Waals surface area contributed by atoms with Crippen LogP contribution < -0.4 is 0 Å². The first kappa shape index (κ1) is 13.5. The van der Waals surface area contributed by atoms with Gasteiger partial charge in [-0.2, -0.15) is 0 Å². The molecule has 2 nitrogen and oxygen atoms in total. The van der Waals surface area contributed by atoms with Gasteiger partial charge in [-0.1, -0.05) is 37.6 Å². The van der Waals surface area contributed by atoms with E-state index in [1.54, 1.807) is 11.3 Å². The fourth-order valence-corrected chi connectivity index (χ4v) is 3.21. The predicted molar refractivity (Wildman–Crippen MR) is 76.4 cm³/mol. The minimum atomic E-state index is 0.0702. The summed E-state index contributed by atoms with van der Waals surface area (Å²) in [6, 6.07) is 7.81. The SMILES string of the molecule is CC(C)c1nc(Cc2cccc(Cl)c2)sc1CO. The highest BCUT2D eigenvalue weighted by molar-refractivity contribution is 7.11. The minimum absolute atomic E-state index is 0.0702. The van der Waals surface area contributed by atoms with E-state index in [-0.39, 0.29) is 6.61 Å². The van der Waals surface area contributed by atoms with Gasteiger partial charge in [0.2, 0.25) is 0 Å². The maximum atomic E-state index is 9.34. The fraction of sp³-hybridized carbons (Fsp3) is 0.357. The van der Waals surface area contributed by atoms with E-state index in [0.29, 0.717) is 5.92 Å². The Bertz CT molecular complexity index is 536. The molecule has 0 aliphatic rings. The number of aliphatic hydroxyl groups excluding tert-OH is 1. The summed E-state index contributed by atoms with van der Waals surface area (Å²) in [7, 11) is 0. The summed E-state index contributed by atoms with van der Waals surface area (Å²) < 4.78 is 0. The van der Waals surface area contributed by atoms with E-state index in [2.05, 4.69) is 18.8 Å². The number of rotatable bonds is 4. The van der Waals surface area contributed by atoms with Crippen LogP contribution >= 0.6 is 22.9 Å². The average Bonchev–Trinajstić information content (AvgIpc) is 2.72. The van der Waals surface area contributed by atoms with Crippen molar-refractivity contribution in [2.75, 3.05) is 0 Å². The Balaban J connectivity index is 2.24. The molecular formula is C14H16ClNOS. The summed E-state index contributed by atoms with van der Waals surface area (Å²) in [5, 5.41) is 11.1. The Morgan fingerprint density at radius 1 is 1.39 bits per heavy atom. The van der Waals surface area contributed by atoms with Gasteiger partial charge in [-0.15, -0.1) is 11.3 Å². The van der Waals surface area contributed by atoms with E-state index in [9.17, 15) is 5.11 Å². The van der Waals surface area contributed by atoms with Crippen LogP contribution in [0, 0.1) is 0 Å². The lowest BCUT2D eigenvalue weighted by Gasteiger charge is -2.01. The standard InChI is InChI=1S/C14H16ClNOS/c1-9(2)14-12(8-17)18-13(16-14)7-10-4-3-5-11(15)6-10/h3-6,9,17H,7-8H2,1-2H3. The van der Waals surface area contributed by atoms with E-state index in [1.807, 2.05) is 24.3 Å². The van der Waals surface area contributed by atoms with Crippen LogP contribution in [-0.2, 0) is 13.0 Å². The number of aliphatic hydroxyl groups is 1. The Labute approximate surface area is 116 Å². The van der Waals surface area contributed by atoms with Crippen molar-refractivity contribution >= 4 is 22.9 Å². The summed E-state index contributed by atoms with van der Waals surface area (Å²) in [6.07, 6.45) is 0.769. The number of halogens is 1. The van der Waals surface area contributed by atoms with Gasteiger partial charge in [0.05, 0.1) is 22.2 Å². The van der Waals surface area contributed by atoms with Gasteiger partial charge < -0.3 is 5.11 Å². The van der Waals surface area contributed by atoms with Gasteiger partial charge in [0.15, 0.2) is 0 Å². The third kappa shape index (κ3) is 3.10. The molecule has 1 aromatic heterocycles. The quantitative estimate of drug-likeness (QED) is 0.919. The zero-order valence-corrected chi connectivity index (χ0v) is 12.1. The van der Waals surface area contributed by atoms with Gasteiger partial charge in [-0.3, -0.25) is 0 Å². The summed E-state index contributed by atoms with van der Waals surface area (Å²) in [6.45, 7) is 4.26. The molecule has 18 heavy (non-hydrogen) atoms. The van der Waals surface area contributed by atoms with Crippen molar-refractivity contribution in [2.45, 2.75) is 32.8 Å². The van der Waals surface area contributed by atoms with E-state index < -0.39 is 0 Å². The molecule has 1 N–H and O–H groups in total. The van der Waals surface area contributed by atoms with E-state index in [4.69, 9.17) is 11.6 Å². The van der Waals surface area contributed by atoms with E-state index >= 15 is 0 Å². The van der Waals surface area contributed by atoms with Crippen LogP contribution in [0.5, 0.6) is 0 Å². The molecule has 0 bridgehead atoms. The van der Waals surface area contributed by atoms with Crippen LogP contribution in [0.25, 0.3) is 0 Å². The van der Waals surface area contributed by atoms with Crippen molar-refractivity contribution < 1.29 is 5.11 Å². The second-order valence-electron chi connectivity index (χ2n) is 4.54. The van der Waals surface area contributed by atoms with Gasteiger partial charge in [0, 0.05) is 11.4 Å². The second kappa shape index (κ2) is 5.83. The van der Waals surface area contributed by atoms with Gasteiger partial charge >= 0.3 is 0 Å². The fourth-order valence-electron chi connectivity index (χ4n) is 1.88. The number of nitrogens with zero attached hydrogens (tertiary/aromatic N) is 1. The van der Waals surface area contributed by atoms with E-state index in [1.165, 1.54) is 0 Å². The normalized spacial score (nSPS) is 11.2. The first-order valence-corrected chi connectivity index (χ1v) is 7.13. The first-order chi connectivity index (χ1) is 8.60. The maximum Gasteiger partial charge on any atom is 0.0975 e. The van der Waals surface area contributed by atoms with Crippen LogP contribution in [0.3, 0.4) is 0 Å². The van der Waals surface area contributed by atoms with Gasteiger partial charge in [0.1, 0.15) is 0 Å². The van der Waals surface area contributed by atoms with Crippen LogP contribution in [0.4, 0.5) is 0 Å². The first-order valence-electron chi connectivity index (χ1n) is 5.94. The molecule has 2 rings (SSSR count). The Kier molecular flexibility index (Phi) is 4.38. The number of benzene rings is 1. The molecule has 0 fully saturated rings. The van der Waals surface area contributed by atoms with Crippen molar-refractivity contribution in [1.82, 2.24) is 4.98 Å². The third-order valence-electron chi connectivity index (χ3n) is 2.71. The molecule has 0 aliphatic carbocycles. The Hall–Kier alpha value is -0.900. The number of thiazole rings is 1. The largest absolute Gasteiger partial charge is 0.391 e. The summed E-state index contributed by atoms with van der Waals surface area (Å²) in [5.41, 5.74) is 2.16.